The van der Waals surface area contributed by atoms with Crippen molar-refractivity contribution < 1.29 is 4.74 Å². The molecule has 0 spiro atoms. The molecule has 0 saturated carbocycles. The fourth-order valence-corrected chi connectivity index (χ4v) is 2.93. The highest BCUT2D eigenvalue weighted by Crippen LogP contribution is 2.21. The highest BCUT2D eigenvalue weighted by molar-refractivity contribution is 9.10. The zero-order valence-electron chi connectivity index (χ0n) is 10.3. The average Bonchev–Trinajstić information content (AvgIpc) is 2.29. The molecular weight excluding hydrogens is 294 g/mol. The quantitative estimate of drug-likeness (QED) is 0.928. The molecule has 1 aromatic heterocycles. The maximum atomic E-state index is 5.25. The highest BCUT2D eigenvalue weighted by Gasteiger charge is 2.29. The lowest BCUT2D eigenvalue weighted by molar-refractivity contribution is -0.0705. The van der Waals surface area contributed by atoms with Crippen LogP contribution >= 0.6 is 15.9 Å². The van der Waals surface area contributed by atoms with Gasteiger partial charge in [0.2, 0.25) is 0 Å². The zero-order valence-corrected chi connectivity index (χ0v) is 11.9. The number of hydrogen-bond acceptors (Lipinski definition) is 4. The highest BCUT2D eigenvalue weighted by atomic mass is 79.9. The first-order chi connectivity index (χ1) is 8.81. The summed E-state index contributed by atoms with van der Waals surface area (Å²) >= 11 is 3.45. The van der Waals surface area contributed by atoms with Gasteiger partial charge in [-0.1, -0.05) is 0 Å². The van der Waals surface area contributed by atoms with Crippen molar-refractivity contribution in [3.63, 3.8) is 0 Å². The minimum absolute atomic E-state index is 0.568. The molecule has 2 saturated heterocycles. The number of nitrogens with one attached hydrogen (secondary N) is 1. The molecule has 0 radical (unpaired) electrons. The van der Waals surface area contributed by atoms with Gasteiger partial charge in [0.1, 0.15) is 0 Å². The first-order valence-corrected chi connectivity index (χ1v) is 7.29. The fraction of sp³-hybridized carbons (Fsp3) is 0.615. The molecule has 3 rings (SSSR count). The van der Waals surface area contributed by atoms with Crippen LogP contribution in [0.1, 0.15) is 12.8 Å². The smallest absolute Gasteiger partial charge is 0.0645 e. The van der Waals surface area contributed by atoms with E-state index in [1.54, 1.807) is 0 Å². The summed E-state index contributed by atoms with van der Waals surface area (Å²) in [5.41, 5.74) is 1.11. The van der Waals surface area contributed by atoms with Crippen LogP contribution in [0.25, 0.3) is 0 Å². The van der Waals surface area contributed by atoms with Gasteiger partial charge in [-0.3, -0.25) is 9.88 Å². The lowest BCUT2D eigenvalue weighted by Crippen LogP contribution is -2.53. The second kappa shape index (κ2) is 5.55. The van der Waals surface area contributed by atoms with Crippen molar-refractivity contribution in [2.75, 3.05) is 31.6 Å². The Hall–Kier alpha value is -0.650. The second-order valence-electron chi connectivity index (χ2n) is 5.04. The number of piperidine rings is 1. The summed E-state index contributed by atoms with van der Waals surface area (Å²) in [6.07, 6.45) is 6.09. The molecule has 4 nitrogen and oxygen atoms in total. The SMILES string of the molecule is Brc1cncc(NC2CCN(C3COC3)CC2)c1. The lowest BCUT2D eigenvalue weighted by Gasteiger charge is -2.41. The van der Waals surface area contributed by atoms with Crippen LogP contribution in [0.2, 0.25) is 0 Å². The number of nitrogens with zero attached hydrogens (tertiary/aromatic N) is 2. The van der Waals surface area contributed by atoms with Crippen molar-refractivity contribution in [2.24, 2.45) is 0 Å². The van der Waals surface area contributed by atoms with E-state index in [-0.39, 0.29) is 0 Å². The maximum Gasteiger partial charge on any atom is 0.0645 e. The Labute approximate surface area is 116 Å². The molecule has 0 atom stereocenters. The zero-order chi connectivity index (χ0) is 12.4. The Morgan fingerprint density at radius 3 is 2.67 bits per heavy atom. The monoisotopic (exact) mass is 311 g/mol. The van der Waals surface area contributed by atoms with Gasteiger partial charge < -0.3 is 10.1 Å². The number of aromatic nitrogens is 1. The molecule has 18 heavy (non-hydrogen) atoms. The summed E-state index contributed by atoms with van der Waals surface area (Å²) < 4.78 is 6.28. The third-order valence-electron chi connectivity index (χ3n) is 3.74. The van der Waals surface area contributed by atoms with E-state index >= 15 is 0 Å². The van der Waals surface area contributed by atoms with Gasteiger partial charge in [0.15, 0.2) is 0 Å². The van der Waals surface area contributed by atoms with Crippen molar-refractivity contribution in [3.8, 4) is 0 Å². The Bertz CT molecular complexity index is 403. The van der Waals surface area contributed by atoms with E-state index in [1.807, 2.05) is 12.4 Å². The molecule has 2 fully saturated rings. The molecule has 0 amide bonds. The molecule has 1 aromatic rings. The number of rotatable bonds is 3. The van der Waals surface area contributed by atoms with E-state index in [0.29, 0.717) is 12.1 Å². The summed E-state index contributed by atoms with van der Waals surface area (Å²) in [7, 11) is 0. The number of hydrogen-bond donors (Lipinski definition) is 1. The standard InChI is InChI=1S/C13H18BrN3O/c14-10-5-12(7-15-6-10)16-11-1-3-17(4-2-11)13-8-18-9-13/h5-7,11,13,16H,1-4,8-9H2. The van der Waals surface area contributed by atoms with Gasteiger partial charge in [-0.25, -0.2) is 0 Å². The molecule has 3 heterocycles. The summed E-state index contributed by atoms with van der Waals surface area (Å²) in [6.45, 7) is 4.20. The van der Waals surface area contributed by atoms with Crippen molar-refractivity contribution in [1.82, 2.24) is 9.88 Å². The third-order valence-corrected chi connectivity index (χ3v) is 4.18. The predicted octanol–water partition coefficient (Wildman–Crippen LogP) is 2.12. The van der Waals surface area contributed by atoms with Crippen molar-refractivity contribution in [3.05, 3.63) is 22.9 Å². The van der Waals surface area contributed by atoms with E-state index < -0.39 is 0 Å². The summed E-state index contributed by atoms with van der Waals surface area (Å²) in [4.78, 5) is 6.74. The van der Waals surface area contributed by atoms with Crippen LogP contribution in [0.3, 0.4) is 0 Å². The molecule has 0 aliphatic carbocycles. The number of ether oxygens (including phenoxy) is 1. The van der Waals surface area contributed by atoms with Crippen LogP contribution in [0, 0.1) is 0 Å². The number of anilines is 1. The van der Waals surface area contributed by atoms with Crippen molar-refractivity contribution >= 4 is 21.6 Å². The van der Waals surface area contributed by atoms with E-state index in [9.17, 15) is 0 Å². The fourth-order valence-electron chi connectivity index (χ4n) is 2.57. The number of pyridine rings is 1. The summed E-state index contributed by atoms with van der Waals surface area (Å²) in [5, 5.41) is 3.57. The van der Waals surface area contributed by atoms with E-state index in [0.717, 1.165) is 23.4 Å². The van der Waals surface area contributed by atoms with Gasteiger partial charge in [0.05, 0.1) is 31.1 Å². The Kier molecular flexibility index (Phi) is 3.82. The molecule has 98 valence electrons. The van der Waals surface area contributed by atoms with E-state index in [1.165, 1.54) is 25.9 Å². The van der Waals surface area contributed by atoms with Crippen LogP contribution in [0.5, 0.6) is 0 Å². The van der Waals surface area contributed by atoms with Crippen molar-refractivity contribution in [1.29, 1.82) is 0 Å². The first kappa shape index (κ1) is 12.4. The van der Waals surface area contributed by atoms with Gasteiger partial charge in [-0.05, 0) is 34.8 Å². The lowest BCUT2D eigenvalue weighted by atomic mass is 10.0. The molecule has 2 aliphatic rings. The van der Waals surface area contributed by atoms with Gasteiger partial charge in [-0.15, -0.1) is 0 Å². The molecule has 5 heteroatoms. The topological polar surface area (TPSA) is 37.4 Å². The normalized spacial score (nSPS) is 22.7. The molecule has 1 N–H and O–H groups in total. The summed E-state index contributed by atoms with van der Waals surface area (Å²) in [5.74, 6) is 0. The van der Waals surface area contributed by atoms with Gasteiger partial charge in [-0.2, -0.15) is 0 Å². The number of halogens is 1. The largest absolute Gasteiger partial charge is 0.381 e. The maximum absolute atomic E-state index is 5.25. The Balaban J connectivity index is 1.50. The van der Waals surface area contributed by atoms with Gasteiger partial charge in [0.25, 0.3) is 0 Å². The Morgan fingerprint density at radius 2 is 2.06 bits per heavy atom. The van der Waals surface area contributed by atoms with E-state index in [2.05, 4.69) is 37.2 Å². The molecule has 2 aliphatic heterocycles. The molecular formula is C13H18BrN3O. The van der Waals surface area contributed by atoms with Crippen LogP contribution in [0.4, 0.5) is 5.69 Å². The van der Waals surface area contributed by atoms with Gasteiger partial charge in [0, 0.05) is 29.8 Å². The minimum atomic E-state index is 0.568. The van der Waals surface area contributed by atoms with E-state index in [4.69, 9.17) is 4.74 Å². The molecule has 0 bridgehead atoms. The number of likely N-dealkylation sites (tertiary alicyclic amines) is 1. The molecule has 0 aromatic carbocycles. The summed E-state index contributed by atoms with van der Waals surface area (Å²) in [6, 6.07) is 3.33. The third kappa shape index (κ3) is 2.84. The second-order valence-corrected chi connectivity index (χ2v) is 5.95. The van der Waals surface area contributed by atoms with Gasteiger partial charge >= 0.3 is 0 Å². The first-order valence-electron chi connectivity index (χ1n) is 6.50. The van der Waals surface area contributed by atoms with Crippen LogP contribution in [-0.4, -0.2) is 48.3 Å². The van der Waals surface area contributed by atoms with Crippen LogP contribution < -0.4 is 5.32 Å². The average molecular weight is 312 g/mol. The van der Waals surface area contributed by atoms with Crippen LogP contribution in [-0.2, 0) is 4.74 Å². The molecule has 0 unspecified atom stereocenters. The van der Waals surface area contributed by atoms with Crippen LogP contribution in [0.15, 0.2) is 22.9 Å². The predicted molar refractivity (Wildman–Crippen MR) is 74.8 cm³/mol. The van der Waals surface area contributed by atoms with Crippen molar-refractivity contribution in [2.45, 2.75) is 24.9 Å². The Morgan fingerprint density at radius 1 is 1.28 bits per heavy atom. The minimum Gasteiger partial charge on any atom is -0.381 e.